The van der Waals surface area contributed by atoms with Gasteiger partial charge >= 0.3 is 0 Å². The van der Waals surface area contributed by atoms with Crippen LogP contribution in [-0.4, -0.2) is 24.4 Å². The lowest BCUT2D eigenvalue weighted by atomic mass is 10.3. The van der Waals surface area contributed by atoms with Gasteiger partial charge in [-0.1, -0.05) is 0 Å². The molecule has 2 rings (SSSR count). The van der Waals surface area contributed by atoms with Gasteiger partial charge in [0.1, 0.15) is 10.6 Å². The molecule has 1 fully saturated rings. The van der Waals surface area contributed by atoms with Crippen LogP contribution in [0.4, 0.5) is 0 Å². The van der Waals surface area contributed by atoms with Gasteiger partial charge in [-0.3, -0.25) is 4.79 Å². The predicted molar refractivity (Wildman–Crippen MR) is 73.0 cm³/mol. The van der Waals surface area contributed by atoms with Crippen LogP contribution in [0.15, 0.2) is 17.2 Å². The molecule has 1 saturated carbocycles. The van der Waals surface area contributed by atoms with Crippen LogP contribution in [0.1, 0.15) is 50.1 Å². The van der Waals surface area contributed by atoms with E-state index in [1.54, 1.807) is 4.57 Å². The van der Waals surface area contributed by atoms with E-state index in [-0.39, 0.29) is 22.4 Å². The Morgan fingerprint density at radius 2 is 2.05 bits per heavy atom. The SMILES string of the molecule is CC(C)n1cc(S(=O)(=O)Cl)cc1C(=O)NC1(C)CC1. The van der Waals surface area contributed by atoms with Gasteiger partial charge < -0.3 is 9.88 Å². The van der Waals surface area contributed by atoms with E-state index in [0.29, 0.717) is 5.69 Å². The van der Waals surface area contributed by atoms with Crippen LogP contribution in [0.2, 0.25) is 0 Å². The lowest BCUT2D eigenvalue weighted by molar-refractivity contribution is 0.0924. The molecule has 106 valence electrons. The molecule has 1 aromatic rings. The van der Waals surface area contributed by atoms with Crippen molar-refractivity contribution in [3.05, 3.63) is 18.0 Å². The molecule has 0 saturated heterocycles. The highest BCUT2D eigenvalue weighted by Crippen LogP contribution is 2.34. The fourth-order valence-electron chi connectivity index (χ4n) is 1.85. The number of carbonyl (C=O) groups excluding carboxylic acids is 1. The molecule has 0 bridgehead atoms. The van der Waals surface area contributed by atoms with Crippen LogP contribution in [-0.2, 0) is 9.05 Å². The van der Waals surface area contributed by atoms with Gasteiger partial charge in [-0.2, -0.15) is 0 Å². The summed E-state index contributed by atoms with van der Waals surface area (Å²) in [6.07, 6.45) is 3.29. The van der Waals surface area contributed by atoms with Crippen molar-refractivity contribution in [1.82, 2.24) is 9.88 Å². The van der Waals surface area contributed by atoms with Crippen LogP contribution < -0.4 is 5.32 Å². The molecular weight excluding hydrogens is 288 g/mol. The Labute approximate surface area is 117 Å². The zero-order valence-electron chi connectivity index (χ0n) is 11.1. The number of halogens is 1. The Balaban J connectivity index is 2.37. The Kier molecular flexibility index (Phi) is 3.43. The van der Waals surface area contributed by atoms with E-state index >= 15 is 0 Å². The molecule has 5 nitrogen and oxygen atoms in total. The fourth-order valence-corrected chi connectivity index (χ4v) is 2.59. The number of rotatable bonds is 4. The maximum absolute atomic E-state index is 12.2. The summed E-state index contributed by atoms with van der Waals surface area (Å²) in [5, 5.41) is 2.91. The zero-order chi connectivity index (χ0) is 14.4. The number of aromatic nitrogens is 1. The highest BCUT2D eigenvalue weighted by atomic mass is 35.7. The summed E-state index contributed by atoms with van der Waals surface area (Å²) in [6, 6.07) is 1.29. The van der Waals surface area contributed by atoms with E-state index in [0.717, 1.165) is 12.8 Å². The number of amides is 1. The number of carbonyl (C=O) groups is 1. The summed E-state index contributed by atoms with van der Waals surface area (Å²) < 4.78 is 24.3. The van der Waals surface area contributed by atoms with Crippen molar-refractivity contribution in [2.24, 2.45) is 0 Å². The minimum absolute atomic E-state index is 0.0278. The average Bonchev–Trinajstić information content (AvgIpc) is 2.81. The fraction of sp³-hybridized carbons (Fsp3) is 0.583. The molecule has 0 radical (unpaired) electrons. The van der Waals surface area contributed by atoms with E-state index in [1.807, 2.05) is 20.8 Å². The first kappa shape index (κ1) is 14.4. The zero-order valence-corrected chi connectivity index (χ0v) is 12.7. The van der Waals surface area contributed by atoms with Crippen molar-refractivity contribution >= 4 is 25.6 Å². The van der Waals surface area contributed by atoms with Crippen LogP contribution >= 0.6 is 10.7 Å². The lowest BCUT2D eigenvalue weighted by Gasteiger charge is -2.15. The maximum atomic E-state index is 12.2. The third-order valence-corrected chi connectivity index (χ3v) is 4.63. The summed E-state index contributed by atoms with van der Waals surface area (Å²) in [6.45, 7) is 5.72. The maximum Gasteiger partial charge on any atom is 0.268 e. The monoisotopic (exact) mass is 304 g/mol. The number of nitrogens with zero attached hydrogens (tertiary/aromatic N) is 1. The van der Waals surface area contributed by atoms with Crippen LogP contribution in [0.3, 0.4) is 0 Å². The van der Waals surface area contributed by atoms with Crippen LogP contribution in [0.25, 0.3) is 0 Å². The largest absolute Gasteiger partial charge is 0.346 e. The summed E-state index contributed by atoms with van der Waals surface area (Å²) >= 11 is 0. The molecule has 0 spiro atoms. The molecule has 1 aliphatic carbocycles. The van der Waals surface area contributed by atoms with Crippen molar-refractivity contribution in [1.29, 1.82) is 0 Å². The van der Waals surface area contributed by atoms with E-state index in [9.17, 15) is 13.2 Å². The van der Waals surface area contributed by atoms with Gasteiger partial charge in [-0.15, -0.1) is 0 Å². The highest BCUT2D eigenvalue weighted by molar-refractivity contribution is 8.13. The van der Waals surface area contributed by atoms with E-state index in [1.165, 1.54) is 12.3 Å². The molecule has 1 N–H and O–H groups in total. The molecule has 0 aromatic carbocycles. The summed E-state index contributed by atoms with van der Waals surface area (Å²) in [4.78, 5) is 12.1. The van der Waals surface area contributed by atoms with Gasteiger partial charge in [0.15, 0.2) is 0 Å². The Bertz CT molecular complexity index is 615. The van der Waals surface area contributed by atoms with Gasteiger partial charge in [-0.05, 0) is 39.7 Å². The van der Waals surface area contributed by atoms with Gasteiger partial charge in [0.05, 0.1) is 0 Å². The molecular formula is C12H17ClN2O3S. The van der Waals surface area contributed by atoms with E-state index in [4.69, 9.17) is 10.7 Å². The second-order valence-electron chi connectivity index (χ2n) is 5.51. The number of hydrogen-bond donors (Lipinski definition) is 1. The van der Waals surface area contributed by atoms with Gasteiger partial charge in [0.2, 0.25) is 0 Å². The first-order valence-electron chi connectivity index (χ1n) is 6.11. The summed E-state index contributed by atoms with van der Waals surface area (Å²) in [5.74, 6) is -0.264. The second-order valence-corrected chi connectivity index (χ2v) is 8.08. The quantitative estimate of drug-likeness (QED) is 0.868. The third kappa shape index (κ3) is 3.12. The predicted octanol–water partition coefficient (Wildman–Crippen LogP) is 2.28. The topological polar surface area (TPSA) is 68.2 Å². The van der Waals surface area contributed by atoms with Crippen molar-refractivity contribution < 1.29 is 13.2 Å². The molecule has 1 heterocycles. The van der Waals surface area contributed by atoms with Crippen LogP contribution in [0.5, 0.6) is 0 Å². The molecule has 19 heavy (non-hydrogen) atoms. The second kappa shape index (κ2) is 4.52. The standard InChI is InChI=1S/C12H17ClN2O3S/c1-8(2)15-7-9(19(13,17)18)6-10(15)11(16)14-12(3)4-5-12/h6-8H,4-5H2,1-3H3,(H,14,16). The van der Waals surface area contributed by atoms with Crippen molar-refractivity contribution in [2.75, 3.05) is 0 Å². The minimum Gasteiger partial charge on any atom is -0.346 e. The van der Waals surface area contributed by atoms with Gasteiger partial charge in [0, 0.05) is 28.5 Å². The molecule has 0 unspecified atom stereocenters. The number of nitrogens with one attached hydrogen (secondary N) is 1. The molecule has 1 aromatic heterocycles. The highest BCUT2D eigenvalue weighted by Gasteiger charge is 2.39. The Hall–Kier alpha value is -1.01. The molecule has 7 heteroatoms. The summed E-state index contributed by atoms with van der Waals surface area (Å²) in [5.41, 5.74) is 0.172. The average molecular weight is 305 g/mol. The first-order chi connectivity index (χ1) is 8.62. The molecule has 0 aliphatic heterocycles. The minimum atomic E-state index is -3.83. The Morgan fingerprint density at radius 1 is 1.47 bits per heavy atom. The lowest BCUT2D eigenvalue weighted by Crippen LogP contribution is -2.35. The van der Waals surface area contributed by atoms with Crippen molar-refractivity contribution in [3.63, 3.8) is 0 Å². The molecule has 0 atom stereocenters. The van der Waals surface area contributed by atoms with Crippen molar-refractivity contribution in [2.45, 2.75) is 50.1 Å². The third-order valence-electron chi connectivity index (χ3n) is 3.31. The summed E-state index contributed by atoms with van der Waals surface area (Å²) in [7, 11) is 1.50. The normalized spacial score (nSPS) is 17.5. The molecule has 1 amide bonds. The van der Waals surface area contributed by atoms with Crippen molar-refractivity contribution in [3.8, 4) is 0 Å². The van der Waals surface area contributed by atoms with E-state index in [2.05, 4.69) is 5.32 Å². The van der Waals surface area contributed by atoms with Gasteiger partial charge in [-0.25, -0.2) is 8.42 Å². The Morgan fingerprint density at radius 3 is 2.47 bits per heavy atom. The smallest absolute Gasteiger partial charge is 0.268 e. The first-order valence-corrected chi connectivity index (χ1v) is 8.42. The van der Waals surface area contributed by atoms with Crippen LogP contribution in [0, 0.1) is 0 Å². The van der Waals surface area contributed by atoms with E-state index < -0.39 is 9.05 Å². The van der Waals surface area contributed by atoms with Gasteiger partial charge in [0.25, 0.3) is 15.0 Å². The molecule has 1 aliphatic rings. The number of hydrogen-bond acceptors (Lipinski definition) is 3.